The van der Waals surface area contributed by atoms with Crippen LogP contribution in [0.25, 0.3) is 0 Å². The largest absolute Gasteiger partial charge is 0.368 e. The Morgan fingerprint density at radius 3 is 1.65 bits per heavy atom. The first-order valence-corrected chi connectivity index (χ1v) is 5.85. The van der Waals surface area contributed by atoms with E-state index in [1.807, 2.05) is 25.0 Å². The normalized spacial score (nSPS) is 12.4. The smallest absolute Gasteiger partial charge is 0.322 e. The van der Waals surface area contributed by atoms with Gasteiger partial charge in [-0.1, -0.05) is 35.9 Å². The summed E-state index contributed by atoms with van der Waals surface area (Å²) in [5.74, 6) is -3.60. The van der Waals surface area contributed by atoms with E-state index < -0.39 is 17.3 Å². The third-order valence-corrected chi connectivity index (χ3v) is 2.19. The summed E-state index contributed by atoms with van der Waals surface area (Å²) in [7, 11) is 0.784. The third kappa shape index (κ3) is 9.80. The SMILES string of the molecule is C=O.COC(C(C)(F)F)C(F)(F)S.Cc1ccccc1. The monoisotopic (exact) mass is 314 g/mol. The Bertz CT molecular complexity index is 336. The lowest BCUT2D eigenvalue weighted by atomic mass is 10.2. The Labute approximate surface area is 121 Å². The molecule has 0 spiro atoms. The average molecular weight is 314 g/mol. The summed E-state index contributed by atoms with van der Waals surface area (Å²) in [6.45, 7) is 4.44. The molecule has 0 radical (unpaired) electrons. The third-order valence-electron chi connectivity index (χ3n) is 1.95. The molecule has 0 aromatic heterocycles. The van der Waals surface area contributed by atoms with Crippen molar-refractivity contribution in [2.45, 2.75) is 31.1 Å². The number of hydrogen-bond acceptors (Lipinski definition) is 3. The molecule has 0 saturated heterocycles. The van der Waals surface area contributed by atoms with E-state index in [0.29, 0.717) is 6.92 Å². The van der Waals surface area contributed by atoms with Crippen LogP contribution in [0.1, 0.15) is 12.5 Å². The van der Waals surface area contributed by atoms with Gasteiger partial charge < -0.3 is 9.53 Å². The Morgan fingerprint density at radius 2 is 1.55 bits per heavy atom. The first kappa shape index (κ1) is 21.2. The highest BCUT2D eigenvalue weighted by molar-refractivity contribution is 7.81. The highest BCUT2D eigenvalue weighted by Crippen LogP contribution is 2.35. The minimum Gasteiger partial charge on any atom is -0.368 e. The molecule has 0 fully saturated rings. The van der Waals surface area contributed by atoms with Gasteiger partial charge in [0.15, 0.2) is 6.10 Å². The maximum atomic E-state index is 12.2. The van der Waals surface area contributed by atoms with E-state index in [-0.39, 0.29) is 0 Å². The second-order valence-corrected chi connectivity index (χ2v) is 4.41. The summed E-state index contributed by atoms with van der Waals surface area (Å²) in [6.07, 6.45) is -2.49. The second-order valence-electron chi connectivity index (χ2n) is 3.81. The number of methoxy groups -OCH3 is 1. The molecule has 0 heterocycles. The predicted molar refractivity (Wildman–Crippen MR) is 73.7 cm³/mol. The fraction of sp³-hybridized carbons (Fsp3) is 0.462. The average Bonchev–Trinajstić information content (AvgIpc) is 2.30. The van der Waals surface area contributed by atoms with Crippen molar-refractivity contribution in [1.29, 1.82) is 0 Å². The molecule has 7 heteroatoms. The number of benzene rings is 1. The van der Waals surface area contributed by atoms with Crippen LogP contribution in [0.2, 0.25) is 0 Å². The van der Waals surface area contributed by atoms with E-state index >= 15 is 0 Å². The topological polar surface area (TPSA) is 26.3 Å². The van der Waals surface area contributed by atoms with Gasteiger partial charge >= 0.3 is 5.25 Å². The first-order chi connectivity index (χ1) is 9.09. The van der Waals surface area contributed by atoms with Crippen LogP contribution in [-0.4, -0.2) is 31.2 Å². The van der Waals surface area contributed by atoms with Gasteiger partial charge in [-0.2, -0.15) is 8.78 Å². The molecule has 1 rings (SSSR count). The van der Waals surface area contributed by atoms with Crippen molar-refractivity contribution in [3.63, 3.8) is 0 Å². The summed E-state index contributed by atoms with van der Waals surface area (Å²) < 4.78 is 52.6. The lowest BCUT2D eigenvalue weighted by molar-refractivity contribution is -0.178. The summed E-state index contributed by atoms with van der Waals surface area (Å²) >= 11 is 2.68. The number of ether oxygens (including phenoxy) is 1. The molecule has 0 amide bonds. The maximum absolute atomic E-state index is 12.2. The van der Waals surface area contributed by atoms with Gasteiger partial charge in [0.05, 0.1) is 0 Å². The van der Waals surface area contributed by atoms with Crippen LogP contribution in [0.5, 0.6) is 0 Å². The van der Waals surface area contributed by atoms with Crippen molar-refractivity contribution in [3.05, 3.63) is 35.9 Å². The van der Waals surface area contributed by atoms with Crippen LogP contribution in [-0.2, 0) is 9.53 Å². The Hall–Kier alpha value is -1.08. The van der Waals surface area contributed by atoms with Crippen molar-refractivity contribution < 1.29 is 27.1 Å². The van der Waals surface area contributed by atoms with Crippen LogP contribution in [0.4, 0.5) is 17.6 Å². The summed E-state index contributed by atoms with van der Waals surface area (Å²) in [6, 6.07) is 10.3. The molecule has 2 nitrogen and oxygen atoms in total. The number of hydrogen-bond donors (Lipinski definition) is 1. The van der Waals surface area contributed by atoms with Crippen LogP contribution in [0, 0.1) is 6.92 Å². The minimum atomic E-state index is -3.83. The quantitative estimate of drug-likeness (QED) is 0.674. The Morgan fingerprint density at radius 1 is 1.15 bits per heavy atom. The summed E-state index contributed by atoms with van der Waals surface area (Å²) in [5.41, 5.74) is 1.32. The molecule has 1 atom stereocenters. The number of rotatable bonds is 3. The zero-order chi connectivity index (χ0) is 16.4. The van der Waals surface area contributed by atoms with Crippen LogP contribution in [0.15, 0.2) is 30.3 Å². The Balaban J connectivity index is 0. The highest BCUT2D eigenvalue weighted by Gasteiger charge is 2.50. The van der Waals surface area contributed by atoms with Gasteiger partial charge in [-0.25, -0.2) is 8.78 Å². The van der Waals surface area contributed by atoms with Crippen LogP contribution < -0.4 is 0 Å². The van der Waals surface area contributed by atoms with Gasteiger partial charge in [0.2, 0.25) is 0 Å². The van der Waals surface area contributed by atoms with Gasteiger partial charge in [-0.15, -0.1) is 12.6 Å². The summed E-state index contributed by atoms with van der Waals surface area (Å²) in [5, 5.41) is -3.83. The molecule has 1 aromatic carbocycles. The zero-order valence-corrected chi connectivity index (χ0v) is 12.3. The molecule has 0 aliphatic heterocycles. The van der Waals surface area contributed by atoms with Crippen molar-refractivity contribution in [1.82, 2.24) is 0 Å². The number of carbonyl (C=O) groups is 1. The van der Waals surface area contributed by atoms with Crippen molar-refractivity contribution >= 4 is 19.4 Å². The van der Waals surface area contributed by atoms with Crippen molar-refractivity contribution in [2.75, 3.05) is 7.11 Å². The number of aryl methyl sites for hydroxylation is 1. The van der Waals surface area contributed by atoms with Gasteiger partial charge in [-0.3, -0.25) is 0 Å². The molecule has 0 bridgehead atoms. The van der Waals surface area contributed by atoms with E-state index in [1.54, 1.807) is 0 Å². The molecular weight excluding hydrogens is 296 g/mol. The van der Waals surface area contributed by atoms with E-state index in [9.17, 15) is 17.6 Å². The van der Waals surface area contributed by atoms with Gasteiger partial charge in [0.25, 0.3) is 5.92 Å². The molecule has 1 unspecified atom stereocenters. The van der Waals surface area contributed by atoms with E-state index in [2.05, 4.69) is 36.4 Å². The first-order valence-electron chi connectivity index (χ1n) is 5.40. The fourth-order valence-corrected chi connectivity index (χ4v) is 1.52. The molecular formula is C13H18F4O2S. The maximum Gasteiger partial charge on any atom is 0.322 e. The van der Waals surface area contributed by atoms with Gasteiger partial charge in [-0.05, 0) is 6.92 Å². The summed E-state index contributed by atoms with van der Waals surface area (Å²) in [4.78, 5) is 8.00. The molecule has 0 N–H and O–H groups in total. The Kier molecular flexibility index (Phi) is 10.4. The van der Waals surface area contributed by atoms with Crippen molar-refractivity contribution in [2.24, 2.45) is 0 Å². The second kappa shape index (κ2) is 9.77. The lowest BCUT2D eigenvalue weighted by Crippen LogP contribution is -2.43. The molecule has 0 saturated carbocycles. The number of carbonyl (C=O) groups excluding carboxylic acids is 1. The van der Waals surface area contributed by atoms with Gasteiger partial charge in [0, 0.05) is 14.0 Å². The molecule has 0 aliphatic carbocycles. The molecule has 116 valence electrons. The van der Waals surface area contributed by atoms with Crippen molar-refractivity contribution in [3.8, 4) is 0 Å². The molecule has 20 heavy (non-hydrogen) atoms. The van der Waals surface area contributed by atoms with E-state index in [0.717, 1.165) is 7.11 Å². The number of thiol groups is 1. The minimum absolute atomic E-state index is 0.352. The van der Waals surface area contributed by atoms with Crippen LogP contribution >= 0.6 is 12.6 Å². The zero-order valence-electron chi connectivity index (χ0n) is 11.4. The van der Waals surface area contributed by atoms with E-state index in [1.165, 1.54) is 5.56 Å². The predicted octanol–water partition coefficient (Wildman–Crippen LogP) is 3.99. The molecule has 1 aromatic rings. The fourth-order valence-electron chi connectivity index (χ4n) is 1.19. The highest BCUT2D eigenvalue weighted by atomic mass is 32.1. The van der Waals surface area contributed by atoms with Gasteiger partial charge in [0.1, 0.15) is 6.79 Å². The molecule has 0 aliphatic rings. The lowest BCUT2D eigenvalue weighted by Gasteiger charge is -2.26. The van der Waals surface area contributed by atoms with E-state index in [4.69, 9.17) is 4.79 Å². The standard InChI is InChI=1S/C7H8.C5H8F4OS.CH2O/c1-7-5-3-2-4-6-7;1-4(6,7)3(10-2)5(8,9)11;1-2/h2-6H,1H3;3,11H,1-2H3;1H2. The number of halogens is 4. The van der Waals surface area contributed by atoms with Crippen LogP contribution in [0.3, 0.4) is 0 Å². The number of alkyl halides is 4.